The van der Waals surface area contributed by atoms with Crippen LogP contribution in [-0.2, 0) is 20.7 Å². The van der Waals surface area contributed by atoms with Gasteiger partial charge in [-0.1, -0.05) is 6.92 Å². The predicted molar refractivity (Wildman–Crippen MR) is 115 cm³/mol. The number of aromatic nitrogens is 3. The summed E-state index contributed by atoms with van der Waals surface area (Å²) in [5.74, 6) is -0.166. The average molecular weight is 533 g/mol. The standard InChI is InChI=1S/C18H20IN3O6S/c1-4-14-20-18(22-21-14)29-13(17(24)25)8-10-6-11(19)16(12(7-10)26-3)28-9-15(23)27-5-2/h6-8H,4-5,9H2,1-3H3,(H,24,25)(H,20,21,22)/b13-8-. The molecule has 0 aliphatic rings. The number of halogens is 1. The number of aliphatic carboxylic acids is 1. The van der Waals surface area contributed by atoms with E-state index in [0.717, 1.165) is 11.8 Å². The second kappa shape index (κ2) is 11.0. The Morgan fingerprint density at radius 1 is 1.34 bits per heavy atom. The molecule has 11 heteroatoms. The third-order valence-corrected chi connectivity index (χ3v) is 5.13. The van der Waals surface area contributed by atoms with Gasteiger partial charge in [0.2, 0.25) is 5.16 Å². The number of ether oxygens (including phenoxy) is 3. The van der Waals surface area contributed by atoms with Crippen LogP contribution in [0.3, 0.4) is 0 Å². The molecule has 0 aliphatic heterocycles. The number of benzene rings is 1. The molecule has 2 aromatic rings. The van der Waals surface area contributed by atoms with Crippen molar-refractivity contribution in [1.82, 2.24) is 15.2 Å². The van der Waals surface area contributed by atoms with Crippen LogP contribution in [0.25, 0.3) is 6.08 Å². The van der Waals surface area contributed by atoms with E-state index >= 15 is 0 Å². The van der Waals surface area contributed by atoms with E-state index in [1.165, 1.54) is 13.2 Å². The Balaban J connectivity index is 2.28. The van der Waals surface area contributed by atoms with Crippen LogP contribution in [0, 0.1) is 3.57 Å². The van der Waals surface area contributed by atoms with Gasteiger partial charge < -0.3 is 19.3 Å². The third kappa shape index (κ3) is 6.63. The van der Waals surface area contributed by atoms with Crippen LogP contribution in [0.15, 0.2) is 22.2 Å². The highest BCUT2D eigenvalue weighted by Crippen LogP contribution is 2.35. The Labute approximate surface area is 185 Å². The Morgan fingerprint density at radius 2 is 2.10 bits per heavy atom. The molecular formula is C18H20IN3O6S. The SMILES string of the molecule is CCOC(=O)COc1c(I)cc(/C=C(\Sc2n[nH]c(CC)n2)C(=O)O)cc1OC. The van der Waals surface area contributed by atoms with Crippen LogP contribution >= 0.6 is 34.4 Å². The van der Waals surface area contributed by atoms with Crippen LogP contribution < -0.4 is 9.47 Å². The molecule has 0 spiro atoms. The maximum absolute atomic E-state index is 11.7. The minimum absolute atomic E-state index is 0.0460. The minimum Gasteiger partial charge on any atom is -0.493 e. The lowest BCUT2D eigenvalue weighted by atomic mass is 10.2. The topological polar surface area (TPSA) is 124 Å². The fraction of sp³-hybridized carbons (Fsp3) is 0.333. The fourth-order valence-corrected chi connectivity index (χ4v) is 3.67. The van der Waals surface area contributed by atoms with Crippen molar-refractivity contribution < 1.29 is 28.9 Å². The Bertz CT molecular complexity index is 915. The summed E-state index contributed by atoms with van der Waals surface area (Å²) in [5.41, 5.74) is 0.589. The van der Waals surface area contributed by atoms with Crippen LogP contribution in [0.1, 0.15) is 25.2 Å². The molecule has 0 amide bonds. The predicted octanol–water partition coefficient (Wildman–Crippen LogP) is 3.14. The molecule has 1 heterocycles. The highest BCUT2D eigenvalue weighted by atomic mass is 127. The molecule has 2 N–H and O–H groups in total. The molecular weight excluding hydrogens is 513 g/mol. The van der Waals surface area contributed by atoms with Crippen molar-refractivity contribution in [1.29, 1.82) is 0 Å². The first-order chi connectivity index (χ1) is 13.9. The number of H-pyrrole nitrogens is 1. The normalized spacial score (nSPS) is 11.2. The van der Waals surface area contributed by atoms with Gasteiger partial charge >= 0.3 is 11.9 Å². The summed E-state index contributed by atoms with van der Waals surface area (Å²) in [4.78, 5) is 27.5. The van der Waals surface area contributed by atoms with E-state index in [2.05, 4.69) is 15.2 Å². The highest BCUT2D eigenvalue weighted by Gasteiger charge is 2.17. The van der Waals surface area contributed by atoms with Crippen molar-refractivity contribution in [2.24, 2.45) is 0 Å². The summed E-state index contributed by atoms with van der Waals surface area (Å²) in [5, 5.41) is 16.6. The van der Waals surface area contributed by atoms with Gasteiger partial charge in [-0.25, -0.2) is 14.6 Å². The fourth-order valence-electron chi connectivity index (χ4n) is 2.16. The lowest BCUT2D eigenvalue weighted by molar-refractivity contribution is -0.145. The molecule has 9 nitrogen and oxygen atoms in total. The van der Waals surface area contributed by atoms with Gasteiger partial charge in [-0.15, -0.1) is 5.10 Å². The molecule has 0 fully saturated rings. The summed E-state index contributed by atoms with van der Waals surface area (Å²) in [7, 11) is 1.46. The van der Waals surface area contributed by atoms with Crippen LogP contribution in [0.2, 0.25) is 0 Å². The number of aryl methyl sites for hydroxylation is 1. The number of carboxylic acids is 1. The highest BCUT2D eigenvalue weighted by molar-refractivity contribution is 14.1. The number of methoxy groups -OCH3 is 1. The second-order valence-corrected chi connectivity index (χ2v) is 7.63. The number of carbonyl (C=O) groups excluding carboxylic acids is 1. The molecule has 29 heavy (non-hydrogen) atoms. The smallest absolute Gasteiger partial charge is 0.344 e. The van der Waals surface area contributed by atoms with Crippen molar-refractivity contribution in [3.8, 4) is 11.5 Å². The van der Waals surface area contributed by atoms with Gasteiger partial charge in [-0.3, -0.25) is 5.10 Å². The zero-order chi connectivity index (χ0) is 21.4. The van der Waals surface area contributed by atoms with E-state index in [1.54, 1.807) is 19.1 Å². The molecule has 0 aliphatic carbocycles. The number of esters is 1. The Kier molecular flexibility index (Phi) is 8.76. The molecule has 0 atom stereocenters. The van der Waals surface area contributed by atoms with E-state index in [-0.39, 0.29) is 18.1 Å². The number of nitrogens with zero attached hydrogens (tertiary/aromatic N) is 2. The maximum Gasteiger partial charge on any atom is 0.344 e. The molecule has 156 valence electrons. The van der Waals surface area contributed by atoms with Crippen LogP contribution in [0.5, 0.6) is 11.5 Å². The number of hydrogen-bond donors (Lipinski definition) is 2. The summed E-state index contributed by atoms with van der Waals surface area (Å²) in [6, 6.07) is 3.35. The van der Waals surface area contributed by atoms with E-state index in [0.29, 0.717) is 38.0 Å². The van der Waals surface area contributed by atoms with Crippen molar-refractivity contribution in [3.05, 3.63) is 32.0 Å². The quantitative estimate of drug-likeness (QED) is 0.205. The van der Waals surface area contributed by atoms with Crippen molar-refractivity contribution in [3.63, 3.8) is 0 Å². The van der Waals surface area contributed by atoms with Gasteiger partial charge in [0.1, 0.15) is 10.7 Å². The number of carboxylic acid groups (broad SMARTS) is 1. The van der Waals surface area contributed by atoms with E-state index in [1.807, 2.05) is 29.5 Å². The molecule has 1 aromatic heterocycles. The number of rotatable bonds is 10. The molecule has 0 saturated carbocycles. The average Bonchev–Trinajstić information content (AvgIpc) is 3.14. The van der Waals surface area contributed by atoms with Gasteiger partial charge in [-0.05, 0) is 65.0 Å². The summed E-state index contributed by atoms with van der Waals surface area (Å²) >= 11 is 2.97. The zero-order valence-electron chi connectivity index (χ0n) is 16.0. The summed E-state index contributed by atoms with van der Waals surface area (Å²) in [6.45, 7) is 3.64. The molecule has 0 unspecified atom stereocenters. The first kappa shape index (κ1) is 23.0. The largest absolute Gasteiger partial charge is 0.493 e. The van der Waals surface area contributed by atoms with E-state index in [9.17, 15) is 14.7 Å². The van der Waals surface area contributed by atoms with Crippen molar-refractivity contribution in [2.45, 2.75) is 25.4 Å². The molecule has 1 aromatic carbocycles. The number of nitrogens with one attached hydrogen (secondary N) is 1. The number of aromatic amines is 1. The second-order valence-electron chi connectivity index (χ2n) is 5.46. The monoisotopic (exact) mass is 533 g/mol. The number of thioether (sulfide) groups is 1. The maximum atomic E-state index is 11.7. The first-order valence-corrected chi connectivity index (χ1v) is 10.5. The third-order valence-electron chi connectivity index (χ3n) is 3.45. The van der Waals surface area contributed by atoms with Gasteiger partial charge in [-0.2, -0.15) is 0 Å². The van der Waals surface area contributed by atoms with E-state index < -0.39 is 11.9 Å². The lowest BCUT2D eigenvalue weighted by Gasteiger charge is -2.13. The molecule has 0 radical (unpaired) electrons. The lowest BCUT2D eigenvalue weighted by Crippen LogP contribution is -2.15. The van der Waals surface area contributed by atoms with Crippen molar-refractivity contribution in [2.75, 3.05) is 20.3 Å². The van der Waals surface area contributed by atoms with Crippen molar-refractivity contribution >= 4 is 52.4 Å². The summed E-state index contributed by atoms with van der Waals surface area (Å²) < 4.78 is 16.4. The van der Waals surface area contributed by atoms with Gasteiger partial charge in [0.25, 0.3) is 0 Å². The zero-order valence-corrected chi connectivity index (χ0v) is 19.0. The van der Waals surface area contributed by atoms with E-state index in [4.69, 9.17) is 14.2 Å². The Hall–Kier alpha value is -2.28. The Morgan fingerprint density at radius 3 is 2.69 bits per heavy atom. The molecule has 2 rings (SSSR count). The first-order valence-electron chi connectivity index (χ1n) is 8.57. The van der Waals surface area contributed by atoms with Gasteiger partial charge in [0.05, 0.1) is 17.3 Å². The van der Waals surface area contributed by atoms with Gasteiger partial charge in [0.15, 0.2) is 18.1 Å². The van der Waals surface area contributed by atoms with Crippen LogP contribution in [-0.4, -0.2) is 52.6 Å². The molecule has 0 saturated heterocycles. The number of carbonyl (C=O) groups is 2. The summed E-state index contributed by atoms with van der Waals surface area (Å²) in [6.07, 6.45) is 2.16. The van der Waals surface area contributed by atoms with Gasteiger partial charge in [0, 0.05) is 6.42 Å². The number of hydrogen-bond acceptors (Lipinski definition) is 8. The minimum atomic E-state index is -1.10. The van der Waals surface area contributed by atoms with Crippen LogP contribution in [0.4, 0.5) is 0 Å². The molecule has 0 bridgehead atoms.